The van der Waals surface area contributed by atoms with Crippen LogP contribution in [0.15, 0.2) is 53.4 Å². The topological polar surface area (TPSA) is 143 Å². The van der Waals surface area contributed by atoms with Crippen LogP contribution in [0, 0.1) is 12.3 Å². The highest BCUT2D eigenvalue weighted by Crippen LogP contribution is 2.14. The number of rotatable bonds is 8. The molecule has 10 heteroatoms. The molecule has 31 heavy (non-hydrogen) atoms. The summed E-state index contributed by atoms with van der Waals surface area (Å²) in [5.74, 6) is -1.33. The minimum Gasteiger partial charge on any atom is -0.468 e. The van der Waals surface area contributed by atoms with Crippen LogP contribution < -0.4 is 11.1 Å². The lowest BCUT2D eigenvalue weighted by Gasteiger charge is -2.17. The van der Waals surface area contributed by atoms with Gasteiger partial charge in [-0.25, -0.2) is 8.42 Å². The van der Waals surface area contributed by atoms with E-state index in [4.69, 9.17) is 11.1 Å². The molecule has 0 aliphatic rings. The molecule has 166 valence electrons. The van der Waals surface area contributed by atoms with Gasteiger partial charge in [0, 0.05) is 12.6 Å². The quantitative estimate of drug-likeness (QED) is 0.311. The van der Waals surface area contributed by atoms with Gasteiger partial charge < -0.3 is 15.8 Å². The zero-order valence-corrected chi connectivity index (χ0v) is 18.4. The number of carbonyl (C=O) groups excluding carboxylic acids is 2. The fourth-order valence-electron chi connectivity index (χ4n) is 2.72. The van der Waals surface area contributed by atoms with Gasteiger partial charge in [-0.3, -0.25) is 15.0 Å². The highest BCUT2D eigenvalue weighted by atomic mass is 32.2. The highest BCUT2D eigenvalue weighted by Gasteiger charge is 2.23. The maximum atomic E-state index is 12.6. The molecule has 0 bridgehead atoms. The molecule has 1 amide bonds. The predicted molar refractivity (Wildman–Crippen MR) is 116 cm³/mol. The predicted octanol–water partition coefficient (Wildman–Crippen LogP) is 0.800. The second-order valence-electron chi connectivity index (χ2n) is 7.03. The van der Waals surface area contributed by atoms with Gasteiger partial charge in [0.15, 0.2) is 0 Å². The van der Waals surface area contributed by atoms with Crippen LogP contribution in [0.1, 0.15) is 16.7 Å². The van der Waals surface area contributed by atoms with E-state index in [1.54, 1.807) is 36.4 Å². The number of likely N-dealkylation sites (N-methyl/N-ethyl adjacent to an activating group) is 1. The number of nitrogens with one attached hydrogen (secondary N) is 2. The normalized spacial score (nSPS) is 12.3. The second-order valence-corrected chi connectivity index (χ2v) is 9.07. The SMILES string of the molecule is COC(=O)[C@@H](N)Cc1ccc(C(=N)NC(=O)CN(C)S(=O)(=O)c2ccc(C)cc2)cc1. The molecule has 0 aliphatic heterocycles. The van der Waals surface area contributed by atoms with Crippen molar-refractivity contribution in [3.05, 3.63) is 65.2 Å². The van der Waals surface area contributed by atoms with E-state index in [9.17, 15) is 18.0 Å². The average molecular weight is 447 g/mol. The Kier molecular flexibility index (Phi) is 8.03. The molecule has 0 spiro atoms. The van der Waals surface area contributed by atoms with Gasteiger partial charge in [-0.1, -0.05) is 42.0 Å². The maximum absolute atomic E-state index is 12.6. The first kappa shape index (κ1) is 24.2. The molecule has 0 heterocycles. The average Bonchev–Trinajstić information content (AvgIpc) is 2.73. The zero-order chi connectivity index (χ0) is 23.2. The first-order chi connectivity index (χ1) is 14.5. The van der Waals surface area contributed by atoms with Gasteiger partial charge in [0.05, 0.1) is 18.6 Å². The van der Waals surface area contributed by atoms with Crippen molar-refractivity contribution in [3.63, 3.8) is 0 Å². The minimum absolute atomic E-state index is 0.0872. The van der Waals surface area contributed by atoms with Gasteiger partial charge >= 0.3 is 5.97 Å². The van der Waals surface area contributed by atoms with E-state index in [-0.39, 0.29) is 17.2 Å². The Morgan fingerprint density at radius 3 is 2.26 bits per heavy atom. The number of methoxy groups -OCH3 is 1. The summed E-state index contributed by atoms with van der Waals surface area (Å²) in [5, 5.41) is 10.4. The van der Waals surface area contributed by atoms with Crippen molar-refractivity contribution in [2.75, 3.05) is 20.7 Å². The minimum atomic E-state index is -3.83. The summed E-state index contributed by atoms with van der Waals surface area (Å²) in [5.41, 5.74) is 7.84. The molecule has 0 radical (unpaired) electrons. The van der Waals surface area contributed by atoms with Gasteiger partial charge in [0.2, 0.25) is 15.9 Å². The standard InChI is InChI=1S/C21H26N4O5S/c1-14-4-10-17(11-5-14)31(28,29)25(2)13-19(26)24-20(23)16-8-6-15(7-9-16)12-18(22)21(27)30-3/h4-11,18H,12-13,22H2,1-3H3,(H2,23,24,26)/t18-/m0/s1. The van der Waals surface area contributed by atoms with Gasteiger partial charge in [-0.15, -0.1) is 0 Å². The highest BCUT2D eigenvalue weighted by molar-refractivity contribution is 7.89. The zero-order valence-electron chi connectivity index (χ0n) is 17.6. The van der Waals surface area contributed by atoms with Crippen LogP contribution in [-0.2, 0) is 30.8 Å². The van der Waals surface area contributed by atoms with Crippen molar-refractivity contribution in [2.24, 2.45) is 5.73 Å². The van der Waals surface area contributed by atoms with E-state index < -0.39 is 34.5 Å². The number of benzene rings is 2. The summed E-state index contributed by atoms with van der Waals surface area (Å²) in [4.78, 5) is 23.8. The second kappa shape index (κ2) is 10.3. The summed E-state index contributed by atoms with van der Waals surface area (Å²) in [6.07, 6.45) is 0.272. The van der Waals surface area contributed by atoms with Gasteiger partial charge in [-0.2, -0.15) is 4.31 Å². The van der Waals surface area contributed by atoms with Crippen LogP contribution in [-0.4, -0.2) is 57.2 Å². The van der Waals surface area contributed by atoms with E-state index in [1.807, 2.05) is 6.92 Å². The number of hydrogen-bond acceptors (Lipinski definition) is 7. The third kappa shape index (κ3) is 6.45. The number of amides is 1. The molecule has 0 aliphatic carbocycles. The van der Waals surface area contributed by atoms with Crippen molar-refractivity contribution in [3.8, 4) is 0 Å². The Balaban J connectivity index is 1.96. The number of nitrogens with zero attached hydrogens (tertiary/aromatic N) is 1. The summed E-state index contributed by atoms with van der Waals surface area (Å²) < 4.78 is 30.7. The summed E-state index contributed by atoms with van der Waals surface area (Å²) in [6, 6.07) is 12.1. The Morgan fingerprint density at radius 1 is 1.13 bits per heavy atom. The van der Waals surface area contributed by atoms with E-state index in [0.29, 0.717) is 5.56 Å². The molecular formula is C21H26N4O5S. The Labute approximate surface area is 181 Å². The Morgan fingerprint density at radius 2 is 1.71 bits per heavy atom. The van der Waals surface area contributed by atoms with Crippen LogP contribution in [0.4, 0.5) is 0 Å². The molecule has 0 fully saturated rings. The van der Waals surface area contributed by atoms with E-state index in [1.165, 1.54) is 26.3 Å². The number of hydrogen-bond donors (Lipinski definition) is 3. The number of sulfonamides is 1. The molecule has 2 rings (SSSR count). The van der Waals surface area contributed by atoms with Crippen LogP contribution >= 0.6 is 0 Å². The number of carbonyl (C=O) groups is 2. The van der Waals surface area contributed by atoms with Gasteiger partial charge in [0.1, 0.15) is 11.9 Å². The summed E-state index contributed by atoms with van der Waals surface area (Å²) >= 11 is 0. The lowest BCUT2D eigenvalue weighted by Crippen LogP contribution is -2.40. The molecule has 2 aromatic carbocycles. The van der Waals surface area contributed by atoms with E-state index in [0.717, 1.165) is 15.4 Å². The number of nitrogens with two attached hydrogens (primary N) is 1. The number of amidine groups is 1. The number of esters is 1. The molecule has 2 aromatic rings. The first-order valence-corrected chi connectivity index (χ1v) is 10.8. The van der Waals surface area contributed by atoms with Crippen LogP contribution in [0.5, 0.6) is 0 Å². The first-order valence-electron chi connectivity index (χ1n) is 9.38. The lowest BCUT2D eigenvalue weighted by atomic mass is 10.0. The van der Waals surface area contributed by atoms with Crippen LogP contribution in [0.3, 0.4) is 0 Å². The number of ether oxygens (including phenoxy) is 1. The molecule has 0 unspecified atom stereocenters. The van der Waals surface area contributed by atoms with Crippen LogP contribution in [0.2, 0.25) is 0 Å². The van der Waals surface area contributed by atoms with E-state index in [2.05, 4.69) is 10.1 Å². The fourth-order valence-corrected chi connectivity index (χ4v) is 3.85. The molecule has 0 saturated heterocycles. The summed E-state index contributed by atoms with van der Waals surface area (Å²) in [7, 11) is -1.26. The molecule has 4 N–H and O–H groups in total. The van der Waals surface area contributed by atoms with Gasteiger partial charge in [-0.05, 0) is 31.0 Å². The Bertz CT molecular complexity index is 1050. The molecule has 9 nitrogen and oxygen atoms in total. The van der Waals surface area contributed by atoms with E-state index >= 15 is 0 Å². The molecule has 1 atom stereocenters. The third-order valence-corrected chi connectivity index (χ3v) is 6.38. The largest absolute Gasteiger partial charge is 0.468 e. The Hall–Kier alpha value is -3.08. The van der Waals surface area contributed by atoms with Crippen molar-refractivity contribution >= 4 is 27.7 Å². The van der Waals surface area contributed by atoms with Crippen LogP contribution in [0.25, 0.3) is 0 Å². The van der Waals surface area contributed by atoms with Crippen molar-refractivity contribution in [1.29, 1.82) is 5.41 Å². The van der Waals surface area contributed by atoms with Crippen molar-refractivity contribution in [2.45, 2.75) is 24.3 Å². The van der Waals surface area contributed by atoms with Gasteiger partial charge in [0.25, 0.3) is 0 Å². The van der Waals surface area contributed by atoms with Crippen molar-refractivity contribution in [1.82, 2.24) is 9.62 Å². The maximum Gasteiger partial charge on any atom is 0.322 e. The summed E-state index contributed by atoms with van der Waals surface area (Å²) in [6.45, 7) is 1.41. The smallest absolute Gasteiger partial charge is 0.322 e. The van der Waals surface area contributed by atoms with Crippen molar-refractivity contribution < 1.29 is 22.7 Å². The third-order valence-electron chi connectivity index (χ3n) is 4.56. The molecule has 0 aromatic heterocycles. The molecule has 0 saturated carbocycles. The lowest BCUT2D eigenvalue weighted by molar-refractivity contribution is -0.142. The fraction of sp³-hybridized carbons (Fsp3) is 0.286. The molecular weight excluding hydrogens is 420 g/mol. The monoisotopic (exact) mass is 446 g/mol. The number of aryl methyl sites for hydroxylation is 1.